The lowest BCUT2D eigenvalue weighted by Crippen LogP contribution is -2.41. The van der Waals surface area contributed by atoms with Gasteiger partial charge in [0.2, 0.25) is 5.91 Å². The Morgan fingerprint density at radius 1 is 0.885 bits per heavy atom. The van der Waals surface area contributed by atoms with Gasteiger partial charge >= 0.3 is 0 Å². The molecule has 26 heavy (non-hydrogen) atoms. The summed E-state index contributed by atoms with van der Waals surface area (Å²) in [5, 5.41) is 10.7. The van der Waals surface area contributed by atoms with E-state index >= 15 is 0 Å². The van der Waals surface area contributed by atoms with Crippen LogP contribution < -0.4 is 0 Å². The van der Waals surface area contributed by atoms with Gasteiger partial charge in [-0.3, -0.25) is 24.6 Å². The Hall–Kier alpha value is -2.48. The Labute approximate surface area is 152 Å². The van der Waals surface area contributed by atoms with Gasteiger partial charge in [-0.25, -0.2) is 0 Å². The van der Waals surface area contributed by atoms with E-state index in [2.05, 4.69) is 4.90 Å². The molecule has 8 heteroatoms. The molecule has 1 aromatic carbocycles. The Bertz CT molecular complexity index is 670. The fourth-order valence-electron chi connectivity index (χ4n) is 3.50. The number of hydrogen-bond donors (Lipinski definition) is 0. The SMILES string of the molecule is O=C(CN1CCCN(C(=O)c2ccc([N+](=O)[O-])cc2)CC1)N1CCCC1. The predicted octanol–water partition coefficient (Wildman–Crippen LogP) is 1.37. The lowest BCUT2D eigenvalue weighted by Gasteiger charge is -2.24. The van der Waals surface area contributed by atoms with Crippen molar-refractivity contribution in [3.63, 3.8) is 0 Å². The van der Waals surface area contributed by atoms with Crippen molar-refractivity contribution in [2.45, 2.75) is 19.3 Å². The van der Waals surface area contributed by atoms with Crippen LogP contribution in [0, 0.1) is 10.1 Å². The summed E-state index contributed by atoms with van der Waals surface area (Å²) in [5.74, 6) is 0.0604. The minimum atomic E-state index is -0.477. The van der Waals surface area contributed by atoms with Gasteiger partial charge in [-0.2, -0.15) is 0 Å². The summed E-state index contributed by atoms with van der Waals surface area (Å²) in [6.07, 6.45) is 2.98. The predicted molar refractivity (Wildman–Crippen MR) is 95.9 cm³/mol. The molecule has 2 saturated heterocycles. The zero-order valence-electron chi connectivity index (χ0n) is 14.8. The molecule has 140 valence electrons. The molecule has 0 aliphatic carbocycles. The van der Waals surface area contributed by atoms with Gasteiger partial charge in [0.1, 0.15) is 0 Å². The molecule has 2 aliphatic heterocycles. The van der Waals surface area contributed by atoms with Crippen molar-refractivity contribution in [1.82, 2.24) is 14.7 Å². The summed E-state index contributed by atoms with van der Waals surface area (Å²) in [5.41, 5.74) is 0.432. The van der Waals surface area contributed by atoms with Crippen LogP contribution in [0.15, 0.2) is 24.3 Å². The van der Waals surface area contributed by atoms with Gasteiger partial charge in [0.25, 0.3) is 11.6 Å². The number of nitro benzene ring substituents is 1. The zero-order chi connectivity index (χ0) is 18.5. The van der Waals surface area contributed by atoms with E-state index in [-0.39, 0.29) is 17.5 Å². The molecule has 2 aliphatic rings. The van der Waals surface area contributed by atoms with E-state index in [0.717, 1.165) is 38.9 Å². The number of benzene rings is 1. The van der Waals surface area contributed by atoms with E-state index in [1.54, 1.807) is 4.90 Å². The molecular formula is C18H24N4O4. The van der Waals surface area contributed by atoms with Gasteiger partial charge in [0.05, 0.1) is 11.5 Å². The quantitative estimate of drug-likeness (QED) is 0.598. The van der Waals surface area contributed by atoms with Crippen LogP contribution in [0.5, 0.6) is 0 Å². The van der Waals surface area contributed by atoms with Gasteiger partial charge in [0.15, 0.2) is 0 Å². The highest BCUT2D eigenvalue weighted by Crippen LogP contribution is 2.15. The molecule has 2 fully saturated rings. The maximum atomic E-state index is 12.6. The van der Waals surface area contributed by atoms with Crippen LogP contribution in [0.25, 0.3) is 0 Å². The molecule has 2 heterocycles. The van der Waals surface area contributed by atoms with Gasteiger partial charge in [-0.05, 0) is 31.4 Å². The number of rotatable bonds is 4. The molecule has 0 atom stereocenters. The Morgan fingerprint density at radius 2 is 1.54 bits per heavy atom. The molecule has 0 radical (unpaired) electrons. The second-order valence-electron chi connectivity index (χ2n) is 6.81. The van der Waals surface area contributed by atoms with Crippen LogP contribution in [0.3, 0.4) is 0 Å². The van der Waals surface area contributed by atoms with Crippen molar-refractivity contribution in [3.05, 3.63) is 39.9 Å². The number of nitrogens with zero attached hydrogens (tertiary/aromatic N) is 4. The van der Waals surface area contributed by atoms with Crippen LogP contribution in [-0.4, -0.2) is 77.3 Å². The molecule has 2 amide bonds. The first-order chi connectivity index (χ1) is 12.5. The first kappa shape index (κ1) is 18.3. The monoisotopic (exact) mass is 360 g/mol. The number of nitro groups is 1. The molecule has 1 aromatic rings. The van der Waals surface area contributed by atoms with Crippen molar-refractivity contribution < 1.29 is 14.5 Å². The topological polar surface area (TPSA) is 87.0 Å². The minimum absolute atomic E-state index is 0.0241. The van der Waals surface area contributed by atoms with Crippen LogP contribution in [0.4, 0.5) is 5.69 Å². The van der Waals surface area contributed by atoms with Crippen molar-refractivity contribution in [2.24, 2.45) is 0 Å². The third-order valence-corrected chi connectivity index (χ3v) is 5.02. The molecule has 3 rings (SSSR count). The van der Waals surface area contributed by atoms with Crippen LogP contribution in [-0.2, 0) is 4.79 Å². The lowest BCUT2D eigenvalue weighted by molar-refractivity contribution is -0.384. The van der Waals surface area contributed by atoms with E-state index in [4.69, 9.17) is 0 Å². The van der Waals surface area contributed by atoms with E-state index in [1.807, 2.05) is 4.90 Å². The van der Waals surface area contributed by atoms with Gasteiger partial charge in [-0.15, -0.1) is 0 Å². The number of likely N-dealkylation sites (tertiary alicyclic amines) is 1. The Morgan fingerprint density at radius 3 is 2.19 bits per heavy atom. The zero-order valence-corrected chi connectivity index (χ0v) is 14.8. The fourth-order valence-corrected chi connectivity index (χ4v) is 3.50. The van der Waals surface area contributed by atoms with E-state index in [1.165, 1.54) is 24.3 Å². The fraction of sp³-hybridized carbons (Fsp3) is 0.556. The molecule has 0 aromatic heterocycles. The Kier molecular flexibility index (Phi) is 5.82. The van der Waals surface area contributed by atoms with Crippen molar-refractivity contribution >= 4 is 17.5 Å². The summed E-state index contributed by atoms with van der Waals surface area (Å²) in [6.45, 7) is 4.78. The summed E-state index contributed by atoms with van der Waals surface area (Å²) in [6, 6.07) is 5.71. The molecule has 0 N–H and O–H groups in total. The number of carbonyl (C=O) groups is 2. The molecule has 0 spiro atoms. The van der Waals surface area contributed by atoms with Crippen molar-refractivity contribution in [1.29, 1.82) is 0 Å². The number of amides is 2. The summed E-state index contributed by atoms with van der Waals surface area (Å²) in [7, 11) is 0. The minimum Gasteiger partial charge on any atom is -0.342 e. The molecule has 0 unspecified atom stereocenters. The second-order valence-corrected chi connectivity index (χ2v) is 6.81. The Balaban J connectivity index is 1.54. The first-order valence-electron chi connectivity index (χ1n) is 9.08. The van der Waals surface area contributed by atoms with Crippen molar-refractivity contribution in [2.75, 3.05) is 45.8 Å². The largest absolute Gasteiger partial charge is 0.342 e. The highest BCUT2D eigenvalue weighted by Gasteiger charge is 2.24. The molecule has 0 bridgehead atoms. The van der Waals surface area contributed by atoms with Gasteiger partial charge < -0.3 is 9.80 Å². The highest BCUT2D eigenvalue weighted by molar-refractivity contribution is 5.94. The maximum Gasteiger partial charge on any atom is 0.269 e. The molecule has 0 saturated carbocycles. The van der Waals surface area contributed by atoms with Crippen molar-refractivity contribution in [3.8, 4) is 0 Å². The first-order valence-corrected chi connectivity index (χ1v) is 9.08. The normalized spacial score (nSPS) is 18.6. The highest BCUT2D eigenvalue weighted by atomic mass is 16.6. The van der Waals surface area contributed by atoms with Gasteiger partial charge in [-0.1, -0.05) is 0 Å². The second kappa shape index (κ2) is 8.27. The van der Waals surface area contributed by atoms with Crippen LogP contribution in [0.1, 0.15) is 29.6 Å². The number of non-ortho nitro benzene ring substituents is 1. The standard InChI is InChI=1S/C18H24N4O4/c23-17(20-9-1-2-10-20)14-19-8-3-11-21(13-12-19)18(24)15-4-6-16(7-5-15)22(25)26/h4-7H,1-3,8-14H2. The van der Waals surface area contributed by atoms with Crippen LogP contribution in [0.2, 0.25) is 0 Å². The number of carbonyl (C=O) groups excluding carboxylic acids is 2. The van der Waals surface area contributed by atoms with Gasteiger partial charge in [0, 0.05) is 57.0 Å². The average molecular weight is 360 g/mol. The third kappa shape index (κ3) is 4.37. The van der Waals surface area contributed by atoms with E-state index in [9.17, 15) is 19.7 Å². The van der Waals surface area contributed by atoms with E-state index < -0.39 is 4.92 Å². The molecular weight excluding hydrogens is 336 g/mol. The smallest absolute Gasteiger partial charge is 0.269 e. The molecule has 8 nitrogen and oxygen atoms in total. The van der Waals surface area contributed by atoms with E-state index in [0.29, 0.717) is 31.7 Å². The summed E-state index contributed by atoms with van der Waals surface area (Å²) < 4.78 is 0. The third-order valence-electron chi connectivity index (χ3n) is 5.02. The lowest BCUT2D eigenvalue weighted by atomic mass is 10.2. The average Bonchev–Trinajstić information content (AvgIpc) is 3.09. The summed E-state index contributed by atoms with van der Waals surface area (Å²) >= 11 is 0. The summed E-state index contributed by atoms with van der Waals surface area (Å²) in [4.78, 5) is 41.0. The van der Waals surface area contributed by atoms with Crippen LogP contribution >= 0.6 is 0 Å². The maximum absolute atomic E-state index is 12.6. The number of hydrogen-bond acceptors (Lipinski definition) is 5.